The van der Waals surface area contributed by atoms with Gasteiger partial charge in [0.2, 0.25) is 0 Å². The van der Waals surface area contributed by atoms with Gasteiger partial charge in [-0.05, 0) is 35.7 Å². The fourth-order valence-corrected chi connectivity index (χ4v) is 3.09. The number of carbonyl (C=O) groups is 1. The van der Waals surface area contributed by atoms with E-state index in [9.17, 15) is 4.79 Å². The molecule has 0 spiro atoms. The van der Waals surface area contributed by atoms with Crippen molar-refractivity contribution < 1.29 is 9.53 Å². The largest absolute Gasteiger partial charge is 0.447 e. The molecule has 1 atom stereocenters. The first kappa shape index (κ1) is 22.7. The fourth-order valence-electron chi connectivity index (χ4n) is 2.60. The number of ether oxygens (including phenoxy) is 1. The van der Waals surface area contributed by atoms with E-state index in [0.29, 0.717) is 5.57 Å². The molecule has 0 saturated carbocycles. The van der Waals surface area contributed by atoms with Crippen molar-refractivity contribution in [1.29, 1.82) is 0 Å². The summed E-state index contributed by atoms with van der Waals surface area (Å²) >= 11 is 3.40. The number of rotatable bonds is 16. The van der Waals surface area contributed by atoms with Crippen LogP contribution < -0.4 is 0 Å². The Bertz CT molecular complexity index is 302. The van der Waals surface area contributed by atoms with Crippen molar-refractivity contribution in [1.82, 2.24) is 0 Å². The SMILES string of the molecule is C=C(C)C(=O)OC(Br)CCCCCCCCCCCCCCC. The van der Waals surface area contributed by atoms with Crippen molar-refractivity contribution in [2.75, 3.05) is 0 Å². The van der Waals surface area contributed by atoms with Crippen molar-refractivity contribution in [2.45, 2.75) is 109 Å². The average molecular weight is 389 g/mol. The molecule has 0 aromatic carbocycles. The summed E-state index contributed by atoms with van der Waals surface area (Å²) in [5.41, 5.74) is 0.458. The van der Waals surface area contributed by atoms with E-state index in [1.54, 1.807) is 6.92 Å². The molecule has 0 aliphatic carbocycles. The maximum atomic E-state index is 11.3. The van der Waals surface area contributed by atoms with Crippen molar-refractivity contribution in [3.63, 3.8) is 0 Å². The molecule has 0 N–H and O–H groups in total. The van der Waals surface area contributed by atoms with E-state index in [0.717, 1.165) is 12.8 Å². The van der Waals surface area contributed by atoms with Crippen LogP contribution in [0.1, 0.15) is 104 Å². The summed E-state index contributed by atoms with van der Waals surface area (Å²) in [6.45, 7) is 7.53. The van der Waals surface area contributed by atoms with Gasteiger partial charge in [-0.2, -0.15) is 0 Å². The minimum absolute atomic E-state index is 0.167. The first-order valence-corrected chi connectivity index (χ1v) is 10.5. The number of hydrogen-bond donors (Lipinski definition) is 0. The third-order valence-electron chi connectivity index (χ3n) is 4.12. The molecule has 0 aromatic heterocycles. The zero-order valence-corrected chi connectivity index (χ0v) is 17.0. The Morgan fingerprint density at radius 2 is 1.26 bits per heavy atom. The zero-order chi connectivity index (χ0) is 17.3. The number of esters is 1. The van der Waals surface area contributed by atoms with E-state index in [-0.39, 0.29) is 11.0 Å². The Balaban J connectivity index is 3.21. The van der Waals surface area contributed by atoms with Gasteiger partial charge < -0.3 is 4.74 Å². The van der Waals surface area contributed by atoms with E-state index in [2.05, 4.69) is 29.4 Å². The lowest BCUT2D eigenvalue weighted by atomic mass is 10.0. The van der Waals surface area contributed by atoms with Crippen LogP contribution in [0.4, 0.5) is 0 Å². The average Bonchev–Trinajstić information content (AvgIpc) is 2.51. The second-order valence-corrected chi connectivity index (χ2v) is 7.65. The molecule has 23 heavy (non-hydrogen) atoms. The van der Waals surface area contributed by atoms with E-state index >= 15 is 0 Å². The standard InChI is InChI=1S/C20H37BrO2/c1-4-5-6-7-8-9-10-11-12-13-14-15-16-17-19(21)23-20(22)18(2)3/h19H,2,4-17H2,1,3H3. The van der Waals surface area contributed by atoms with Gasteiger partial charge in [0, 0.05) is 5.57 Å². The highest BCUT2D eigenvalue weighted by molar-refractivity contribution is 9.09. The van der Waals surface area contributed by atoms with Gasteiger partial charge in [-0.15, -0.1) is 0 Å². The molecule has 1 unspecified atom stereocenters. The van der Waals surface area contributed by atoms with Gasteiger partial charge in [-0.3, -0.25) is 0 Å². The predicted molar refractivity (Wildman–Crippen MR) is 104 cm³/mol. The number of carbonyl (C=O) groups excluding carboxylic acids is 1. The maximum Gasteiger partial charge on any atom is 0.334 e. The van der Waals surface area contributed by atoms with Crippen molar-refractivity contribution >= 4 is 21.9 Å². The van der Waals surface area contributed by atoms with Crippen LogP contribution in [0, 0.1) is 0 Å². The highest BCUT2D eigenvalue weighted by atomic mass is 79.9. The zero-order valence-electron chi connectivity index (χ0n) is 15.4. The minimum atomic E-state index is -0.304. The summed E-state index contributed by atoms with van der Waals surface area (Å²) in [7, 11) is 0. The lowest BCUT2D eigenvalue weighted by molar-refractivity contribution is -0.140. The van der Waals surface area contributed by atoms with Crippen LogP contribution in [0.25, 0.3) is 0 Å². The van der Waals surface area contributed by atoms with Gasteiger partial charge in [0.1, 0.15) is 0 Å². The molecule has 0 heterocycles. The number of unbranched alkanes of at least 4 members (excludes halogenated alkanes) is 12. The van der Waals surface area contributed by atoms with Crippen LogP contribution in [0.2, 0.25) is 0 Å². The summed E-state index contributed by atoms with van der Waals surface area (Å²) in [6.07, 6.45) is 18.5. The smallest absolute Gasteiger partial charge is 0.334 e. The van der Waals surface area contributed by atoms with Crippen LogP contribution in [0.15, 0.2) is 12.2 Å². The van der Waals surface area contributed by atoms with E-state index in [4.69, 9.17) is 4.74 Å². The lowest BCUT2D eigenvalue weighted by Crippen LogP contribution is -2.12. The first-order valence-electron chi connectivity index (χ1n) is 9.58. The third-order valence-corrected chi connectivity index (χ3v) is 4.76. The quantitative estimate of drug-likeness (QED) is 0.120. The Kier molecular flexibility index (Phi) is 16.3. The second kappa shape index (κ2) is 16.5. The normalized spacial score (nSPS) is 12.1. The van der Waals surface area contributed by atoms with E-state index in [1.165, 1.54) is 77.0 Å². The van der Waals surface area contributed by atoms with Crippen molar-refractivity contribution in [2.24, 2.45) is 0 Å². The number of halogens is 1. The van der Waals surface area contributed by atoms with Gasteiger partial charge in [-0.1, -0.05) is 90.6 Å². The molecule has 0 radical (unpaired) electrons. The van der Waals surface area contributed by atoms with Gasteiger partial charge in [0.15, 0.2) is 5.01 Å². The van der Waals surface area contributed by atoms with E-state index in [1.807, 2.05) is 0 Å². The Morgan fingerprint density at radius 1 is 0.870 bits per heavy atom. The molecule has 0 amide bonds. The molecule has 0 aliphatic rings. The summed E-state index contributed by atoms with van der Waals surface area (Å²) in [5, 5.41) is -0.167. The molecule has 0 bridgehead atoms. The molecule has 0 fully saturated rings. The molecular formula is C20H37BrO2. The molecule has 2 nitrogen and oxygen atoms in total. The summed E-state index contributed by atoms with van der Waals surface area (Å²) < 4.78 is 5.20. The minimum Gasteiger partial charge on any atom is -0.447 e. The highest BCUT2D eigenvalue weighted by Crippen LogP contribution is 2.16. The molecular weight excluding hydrogens is 352 g/mol. The molecule has 0 rings (SSSR count). The van der Waals surface area contributed by atoms with Crippen LogP contribution in [-0.4, -0.2) is 11.0 Å². The van der Waals surface area contributed by atoms with Gasteiger partial charge in [0.25, 0.3) is 0 Å². The topological polar surface area (TPSA) is 26.3 Å². The molecule has 0 aliphatic heterocycles. The number of alkyl halides is 1. The Labute approximate surface area is 152 Å². The number of hydrogen-bond acceptors (Lipinski definition) is 2. The van der Waals surface area contributed by atoms with Crippen LogP contribution in [0.3, 0.4) is 0 Å². The lowest BCUT2D eigenvalue weighted by Gasteiger charge is -2.11. The van der Waals surface area contributed by atoms with Gasteiger partial charge >= 0.3 is 5.97 Å². The highest BCUT2D eigenvalue weighted by Gasteiger charge is 2.10. The van der Waals surface area contributed by atoms with Gasteiger partial charge in [-0.25, -0.2) is 4.79 Å². The molecule has 0 saturated heterocycles. The van der Waals surface area contributed by atoms with Gasteiger partial charge in [0.05, 0.1) is 0 Å². The molecule has 0 aromatic rings. The summed E-state index contributed by atoms with van der Waals surface area (Å²) in [4.78, 5) is 11.3. The monoisotopic (exact) mass is 388 g/mol. The fraction of sp³-hybridized carbons (Fsp3) is 0.850. The third kappa shape index (κ3) is 16.3. The van der Waals surface area contributed by atoms with Crippen LogP contribution in [-0.2, 0) is 9.53 Å². The first-order chi connectivity index (χ1) is 11.1. The van der Waals surface area contributed by atoms with E-state index < -0.39 is 0 Å². The Hall–Kier alpha value is -0.310. The van der Waals surface area contributed by atoms with Crippen LogP contribution in [0.5, 0.6) is 0 Å². The van der Waals surface area contributed by atoms with Crippen molar-refractivity contribution in [3.8, 4) is 0 Å². The second-order valence-electron chi connectivity index (χ2n) is 6.63. The summed E-state index contributed by atoms with van der Waals surface area (Å²) in [6, 6.07) is 0. The summed E-state index contributed by atoms with van der Waals surface area (Å²) in [5.74, 6) is -0.304. The molecule has 3 heteroatoms. The maximum absolute atomic E-state index is 11.3. The molecule has 136 valence electrons. The predicted octanol–water partition coefficient (Wildman–Crippen LogP) is 7.31. The Morgan fingerprint density at radius 3 is 1.65 bits per heavy atom. The van der Waals surface area contributed by atoms with Crippen LogP contribution >= 0.6 is 15.9 Å². The van der Waals surface area contributed by atoms with Crippen molar-refractivity contribution in [3.05, 3.63) is 12.2 Å².